The second-order valence-corrected chi connectivity index (χ2v) is 6.87. The van der Waals surface area contributed by atoms with Crippen molar-refractivity contribution in [3.8, 4) is 5.75 Å². The number of rotatable bonds is 2. The molecule has 3 unspecified atom stereocenters. The van der Waals surface area contributed by atoms with Gasteiger partial charge in [-0.3, -0.25) is 4.79 Å². The number of amides is 1. The molecule has 0 saturated heterocycles. The zero-order chi connectivity index (χ0) is 14.4. The highest BCUT2D eigenvalue weighted by Gasteiger charge is 2.45. The average molecular weight is 285 g/mol. The number of methoxy groups -OCH3 is 1. The number of anilines is 1. The van der Waals surface area contributed by atoms with E-state index in [1.165, 1.54) is 24.8 Å². The van der Waals surface area contributed by atoms with Crippen molar-refractivity contribution in [2.24, 2.45) is 17.8 Å². The van der Waals surface area contributed by atoms with Crippen LogP contribution in [0.15, 0.2) is 18.2 Å². The third kappa shape index (κ3) is 2.14. The van der Waals surface area contributed by atoms with Crippen LogP contribution in [0.2, 0.25) is 0 Å². The molecular weight excluding hydrogens is 262 g/mol. The van der Waals surface area contributed by atoms with Crippen molar-refractivity contribution in [3.05, 3.63) is 23.8 Å². The molecule has 3 heteroatoms. The molecule has 1 aromatic carbocycles. The average Bonchev–Trinajstić information content (AvgIpc) is 3.16. The van der Waals surface area contributed by atoms with Crippen molar-refractivity contribution in [2.45, 2.75) is 38.5 Å². The minimum atomic E-state index is 0.289. The minimum Gasteiger partial charge on any atom is -0.497 e. The summed E-state index contributed by atoms with van der Waals surface area (Å²) in [5.74, 6) is 3.04. The largest absolute Gasteiger partial charge is 0.497 e. The van der Waals surface area contributed by atoms with E-state index in [1.54, 1.807) is 7.11 Å². The number of carbonyl (C=O) groups excluding carboxylic acids is 1. The highest BCUT2D eigenvalue weighted by Crippen LogP contribution is 2.49. The molecule has 1 heterocycles. The predicted molar refractivity (Wildman–Crippen MR) is 82.6 cm³/mol. The van der Waals surface area contributed by atoms with E-state index >= 15 is 0 Å². The monoisotopic (exact) mass is 285 g/mol. The van der Waals surface area contributed by atoms with Gasteiger partial charge in [0, 0.05) is 18.2 Å². The van der Waals surface area contributed by atoms with E-state index in [9.17, 15) is 4.79 Å². The smallest absolute Gasteiger partial charge is 0.230 e. The van der Waals surface area contributed by atoms with Crippen LogP contribution >= 0.6 is 0 Å². The number of ether oxygens (including phenoxy) is 1. The van der Waals surface area contributed by atoms with Crippen LogP contribution < -0.4 is 9.64 Å². The summed E-state index contributed by atoms with van der Waals surface area (Å²) in [5.41, 5.74) is 2.38. The second kappa shape index (κ2) is 5.04. The Hall–Kier alpha value is -1.51. The van der Waals surface area contributed by atoms with Gasteiger partial charge in [-0.15, -0.1) is 0 Å². The summed E-state index contributed by atoms with van der Waals surface area (Å²) in [5, 5.41) is 0. The number of nitrogens with zero attached hydrogens (tertiary/aromatic N) is 1. The number of benzene rings is 1. The van der Waals surface area contributed by atoms with Crippen LogP contribution in [-0.2, 0) is 11.2 Å². The molecule has 4 rings (SSSR count). The van der Waals surface area contributed by atoms with E-state index in [2.05, 4.69) is 17.0 Å². The molecule has 3 nitrogen and oxygen atoms in total. The van der Waals surface area contributed by atoms with E-state index in [0.29, 0.717) is 11.8 Å². The summed E-state index contributed by atoms with van der Waals surface area (Å²) in [4.78, 5) is 15.1. The van der Waals surface area contributed by atoms with E-state index in [1.807, 2.05) is 6.07 Å². The molecule has 3 aliphatic rings. The zero-order valence-corrected chi connectivity index (χ0v) is 12.7. The van der Waals surface area contributed by atoms with Crippen molar-refractivity contribution in [2.75, 3.05) is 18.6 Å². The lowest BCUT2D eigenvalue weighted by Gasteiger charge is -2.34. The standard InChI is InChI=1S/C18H23NO2/c1-21-15-6-7-17-14(11-15)3-2-8-19(17)18(20)16-10-12-4-5-13(16)9-12/h6-7,11-13,16H,2-5,8-10H2,1H3. The van der Waals surface area contributed by atoms with Crippen LogP contribution in [0, 0.1) is 17.8 Å². The summed E-state index contributed by atoms with van der Waals surface area (Å²) in [6, 6.07) is 6.14. The Bertz CT molecular complexity index is 568. The maximum atomic E-state index is 13.0. The van der Waals surface area contributed by atoms with Gasteiger partial charge in [-0.1, -0.05) is 6.42 Å². The molecule has 0 N–H and O–H groups in total. The van der Waals surface area contributed by atoms with Crippen molar-refractivity contribution in [3.63, 3.8) is 0 Å². The lowest BCUT2D eigenvalue weighted by molar-refractivity contribution is -0.124. The molecule has 2 bridgehead atoms. The predicted octanol–water partition coefficient (Wildman–Crippen LogP) is 3.41. The highest BCUT2D eigenvalue weighted by atomic mass is 16.5. The molecule has 0 radical (unpaired) electrons. The van der Waals surface area contributed by atoms with Gasteiger partial charge in [0.2, 0.25) is 5.91 Å². The van der Waals surface area contributed by atoms with E-state index in [4.69, 9.17) is 4.74 Å². The first-order valence-electron chi connectivity index (χ1n) is 8.24. The third-order valence-electron chi connectivity index (χ3n) is 5.73. The van der Waals surface area contributed by atoms with Crippen LogP contribution in [0.1, 0.15) is 37.7 Å². The van der Waals surface area contributed by atoms with Gasteiger partial charge in [0.15, 0.2) is 0 Å². The van der Waals surface area contributed by atoms with Crippen LogP contribution in [0.25, 0.3) is 0 Å². The fourth-order valence-electron chi connectivity index (χ4n) is 4.68. The van der Waals surface area contributed by atoms with Gasteiger partial charge in [-0.05, 0) is 67.7 Å². The Morgan fingerprint density at radius 2 is 2.19 bits per heavy atom. The molecule has 1 amide bonds. The van der Waals surface area contributed by atoms with Gasteiger partial charge in [0.1, 0.15) is 5.75 Å². The molecular formula is C18H23NO2. The van der Waals surface area contributed by atoms with Crippen molar-refractivity contribution in [1.29, 1.82) is 0 Å². The number of hydrogen-bond donors (Lipinski definition) is 0. The summed E-state index contributed by atoms with van der Waals surface area (Å²) < 4.78 is 5.31. The maximum Gasteiger partial charge on any atom is 0.230 e. The fourth-order valence-corrected chi connectivity index (χ4v) is 4.68. The van der Waals surface area contributed by atoms with E-state index < -0.39 is 0 Å². The molecule has 0 aromatic heterocycles. The van der Waals surface area contributed by atoms with Crippen molar-refractivity contribution in [1.82, 2.24) is 0 Å². The van der Waals surface area contributed by atoms with Crippen molar-refractivity contribution < 1.29 is 9.53 Å². The SMILES string of the molecule is COc1ccc2c(c1)CCCN2C(=O)C1CC2CCC1C2. The lowest BCUT2D eigenvalue weighted by atomic mass is 9.87. The molecule has 21 heavy (non-hydrogen) atoms. The van der Waals surface area contributed by atoms with Gasteiger partial charge in [0.05, 0.1) is 7.11 Å². The number of carbonyl (C=O) groups is 1. The summed E-state index contributed by atoms with van der Waals surface area (Å²) in [7, 11) is 1.70. The number of fused-ring (bicyclic) bond motifs is 3. The van der Waals surface area contributed by atoms with Gasteiger partial charge in [-0.25, -0.2) is 0 Å². The fraction of sp³-hybridized carbons (Fsp3) is 0.611. The molecule has 1 aliphatic heterocycles. The van der Waals surface area contributed by atoms with E-state index in [0.717, 1.165) is 43.2 Å². The Kier molecular flexibility index (Phi) is 3.16. The van der Waals surface area contributed by atoms with Gasteiger partial charge < -0.3 is 9.64 Å². The molecule has 0 spiro atoms. The first-order valence-corrected chi connectivity index (χ1v) is 8.24. The Morgan fingerprint density at radius 1 is 1.29 bits per heavy atom. The van der Waals surface area contributed by atoms with Gasteiger partial charge >= 0.3 is 0 Å². The molecule has 1 aromatic rings. The maximum absolute atomic E-state index is 13.0. The van der Waals surface area contributed by atoms with Crippen LogP contribution in [0.3, 0.4) is 0 Å². The zero-order valence-electron chi connectivity index (χ0n) is 12.7. The molecule has 2 aliphatic carbocycles. The Labute approximate surface area is 126 Å². The topological polar surface area (TPSA) is 29.5 Å². The molecule has 3 atom stereocenters. The summed E-state index contributed by atoms with van der Waals surface area (Å²) >= 11 is 0. The minimum absolute atomic E-state index is 0.289. The number of hydrogen-bond acceptors (Lipinski definition) is 2. The molecule has 112 valence electrons. The van der Waals surface area contributed by atoms with Crippen LogP contribution in [-0.4, -0.2) is 19.6 Å². The normalized spacial score (nSPS) is 30.3. The van der Waals surface area contributed by atoms with Crippen molar-refractivity contribution >= 4 is 11.6 Å². The Balaban J connectivity index is 1.61. The first-order chi connectivity index (χ1) is 10.3. The lowest BCUT2D eigenvalue weighted by Crippen LogP contribution is -2.41. The van der Waals surface area contributed by atoms with E-state index in [-0.39, 0.29) is 5.92 Å². The Morgan fingerprint density at radius 3 is 2.90 bits per heavy atom. The van der Waals surface area contributed by atoms with Gasteiger partial charge in [0.25, 0.3) is 0 Å². The van der Waals surface area contributed by atoms with Crippen LogP contribution in [0.4, 0.5) is 5.69 Å². The molecule has 2 saturated carbocycles. The first kappa shape index (κ1) is 13.2. The third-order valence-corrected chi connectivity index (χ3v) is 5.73. The van der Waals surface area contributed by atoms with Gasteiger partial charge in [-0.2, -0.15) is 0 Å². The highest BCUT2D eigenvalue weighted by molar-refractivity contribution is 5.96. The second-order valence-electron chi connectivity index (χ2n) is 6.87. The van der Waals surface area contributed by atoms with Crippen LogP contribution in [0.5, 0.6) is 5.75 Å². The number of aryl methyl sites for hydroxylation is 1. The summed E-state index contributed by atoms with van der Waals surface area (Å²) in [6.07, 6.45) is 7.15. The quantitative estimate of drug-likeness (QED) is 0.833. The molecule has 2 fully saturated rings. The summed E-state index contributed by atoms with van der Waals surface area (Å²) in [6.45, 7) is 0.881.